The highest BCUT2D eigenvalue weighted by molar-refractivity contribution is 7.32. The van der Waals surface area contributed by atoms with Crippen molar-refractivity contribution >= 4 is 8.25 Å². The van der Waals surface area contributed by atoms with Gasteiger partial charge in [-0.05, 0) is 0 Å². The van der Waals surface area contributed by atoms with Crippen LogP contribution in [0.2, 0.25) is 0 Å². The Labute approximate surface area is 35.0 Å². The maximum atomic E-state index is 9.42. The molecule has 0 aliphatic rings. The molecule has 0 radical (unpaired) electrons. The normalized spacial score (nSPS) is 14.3. The fourth-order valence-electron chi connectivity index (χ4n) is 0.0504. The van der Waals surface area contributed by atoms with Crippen molar-refractivity contribution in [3.8, 4) is 0 Å². The Morgan fingerprint density at radius 1 is 2.00 bits per heavy atom. The zero-order valence-electron chi connectivity index (χ0n) is 2.84. The smallest absolute Gasteiger partial charge is 0.325 e. The molecule has 5 nitrogen and oxygen atoms in total. The van der Waals surface area contributed by atoms with Gasteiger partial charge in [0.1, 0.15) is 0 Å². The first kappa shape index (κ1) is 6.07. The zero-order chi connectivity index (χ0) is 4.99. The van der Waals surface area contributed by atoms with Gasteiger partial charge in [0.2, 0.25) is 0 Å². The fraction of sp³-hybridized carbons (Fsp3) is 0. The number of nitrogens with one attached hydrogen (secondary N) is 1. The summed E-state index contributed by atoms with van der Waals surface area (Å²) in [5, 5.41) is 0. The van der Waals surface area contributed by atoms with E-state index in [4.69, 9.17) is 4.89 Å². The molecule has 0 aromatic rings. The van der Waals surface area contributed by atoms with Gasteiger partial charge in [0.05, 0.1) is 0 Å². The summed E-state index contributed by atoms with van der Waals surface area (Å²) in [6.45, 7) is 0. The van der Waals surface area contributed by atoms with Gasteiger partial charge in [-0.15, -0.1) is 5.59 Å². The fourth-order valence-corrected chi connectivity index (χ4v) is 0.151. The third kappa shape index (κ3) is 4.07. The van der Waals surface area contributed by atoms with Crippen LogP contribution in [0, 0.1) is 0 Å². The first-order valence-corrected chi connectivity index (χ1v) is 2.39. The van der Waals surface area contributed by atoms with Gasteiger partial charge in [-0.1, -0.05) is 0 Å². The summed E-state index contributed by atoms with van der Waals surface area (Å²) in [7, 11) is -2.87. The highest BCUT2D eigenvalue weighted by Crippen LogP contribution is 2.08. The van der Waals surface area contributed by atoms with Crippen LogP contribution in [-0.4, -0.2) is 4.89 Å². The number of nitrogens with two attached hydrogens (primary N) is 1. The van der Waals surface area contributed by atoms with E-state index >= 15 is 0 Å². The van der Waals surface area contributed by atoms with Gasteiger partial charge < -0.3 is 4.89 Å². The van der Waals surface area contributed by atoms with Gasteiger partial charge in [-0.3, -0.25) is 4.57 Å². The molecule has 1 atom stereocenters. The standard InChI is InChI=1S/H5N2O3P/c1-2-5-6(3)4/h2,6H,1H2,(H,3,4). The third-order valence-corrected chi connectivity index (χ3v) is 0.439. The van der Waals surface area contributed by atoms with E-state index in [0.29, 0.717) is 0 Å². The number of hydrazine groups is 1. The predicted molar refractivity (Wildman–Crippen MR) is 19.6 cm³/mol. The Hall–Kier alpha value is 0.0700. The van der Waals surface area contributed by atoms with E-state index in [1.165, 1.54) is 0 Å². The second-order valence-electron chi connectivity index (χ2n) is 0.486. The quantitative estimate of drug-likeness (QED) is 0.236. The largest absolute Gasteiger partial charge is 0.334 e. The lowest BCUT2D eigenvalue weighted by Crippen LogP contribution is -2.17. The van der Waals surface area contributed by atoms with Crippen LogP contribution in [0.5, 0.6) is 0 Å². The minimum Gasteiger partial charge on any atom is -0.325 e. The molecule has 0 aromatic carbocycles. The summed E-state index contributed by atoms with van der Waals surface area (Å²) >= 11 is 0. The highest BCUT2D eigenvalue weighted by Gasteiger charge is 1.81. The lowest BCUT2D eigenvalue weighted by molar-refractivity contribution is 0.184. The second kappa shape index (κ2) is 3.27. The molecule has 6 heteroatoms. The molecular weight excluding hydrogens is 107 g/mol. The van der Waals surface area contributed by atoms with Crippen molar-refractivity contribution in [3.05, 3.63) is 0 Å². The summed E-state index contributed by atoms with van der Waals surface area (Å²) in [5.41, 5.74) is 1.55. The second-order valence-corrected chi connectivity index (χ2v) is 1.22. The zero-order valence-corrected chi connectivity index (χ0v) is 3.84. The summed E-state index contributed by atoms with van der Waals surface area (Å²) in [4.78, 5) is 7.73. The minimum absolute atomic E-state index is 1.55. The lowest BCUT2D eigenvalue weighted by Gasteiger charge is -1.88. The topological polar surface area (TPSA) is 84.6 Å². The molecule has 4 N–H and O–H groups in total. The van der Waals surface area contributed by atoms with E-state index in [-0.39, 0.29) is 0 Å². The summed E-state index contributed by atoms with van der Waals surface area (Å²) in [6.07, 6.45) is 0. The van der Waals surface area contributed by atoms with Gasteiger partial charge in [0.15, 0.2) is 0 Å². The molecule has 0 aliphatic carbocycles. The number of rotatable bonds is 2. The molecule has 0 saturated heterocycles. The van der Waals surface area contributed by atoms with Crippen molar-refractivity contribution in [2.24, 2.45) is 5.84 Å². The van der Waals surface area contributed by atoms with Crippen molar-refractivity contribution in [2.75, 3.05) is 0 Å². The molecule has 0 fully saturated rings. The van der Waals surface area contributed by atoms with Crippen LogP contribution in [0.3, 0.4) is 0 Å². The van der Waals surface area contributed by atoms with Crippen molar-refractivity contribution in [2.45, 2.75) is 0 Å². The molecular formula is H5N2O3P. The molecule has 0 aromatic heterocycles. The van der Waals surface area contributed by atoms with Crippen molar-refractivity contribution in [1.29, 1.82) is 0 Å². The first-order chi connectivity index (χ1) is 2.77. The van der Waals surface area contributed by atoms with E-state index in [1.54, 1.807) is 5.59 Å². The molecule has 0 amide bonds. The molecule has 38 valence electrons. The van der Waals surface area contributed by atoms with Crippen LogP contribution >= 0.6 is 8.25 Å². The average molecular weight is 112 g/mol. The summed E-state index contributed by atoms with van der Waals surface area (Å²) < 4.78 is 13.1. The molecule has 0 spiro atoms. The molecule has 1 unspecified atom stereocenters. The van der Waals surface area contributed by atoms with Crippen molar-refractivity contribution in [3.63, 3.8) is 0 Å². The maximum Gasteiger partial charge on any atom is 0.334 e. The SMILES string of the molecule is NNO[PH](=O)O. The Kier molecular flexibility index (Phi) is 3.31. The summed E-state index contributed by atoms with van der Waals surface area (Å²) in [5.74, 6) is 4.42. The molecule has 6 heavy (non-hydrogen) atoms. The van der Waals surface area contributed by atoms with Crippen LogP contribution in [-0.2, 0) is 9.19 Å². The molecule has 0 heterocycles. The average Bonchev–Trinajstić information content (AvgIpc) is 1.35. The Balaban J connectivity index is 2.83. The predicted octanol–water partition coefficient (Wildman–Crippen LogP) is -1.24. The molecule has 0 saturated carbocycles. The minimum atomic E-state index is -2.87. The number of hydrogen-bond acceptors (Lipinski definition) is 4. The van der Waals surface area contributed by atoms with E-state index < -0.39 is 8.25 Å². The summed E-state index contributed by atoms with van der Waals surface area (Å²) in [6, 6.07) is 0. The van der Waals surface area contributed by atoms with E-state index in [1.807, 2.05) is 0 Å². The van der Waals surface area contributed by atoms with Crippen LogP contribution in [0.1, 0.15) is 0 Å². The molecule has 0 bridgehead atoms. The van der Waals surface area contributed by atoms with E-state index in [2.05, 4.69) is 10.5 Å². The molecule has 0 aliphatic heterocycles. The number of hydrogen-bond donors (Lipinski definition) is 3. The van der Waals surface area contributed by atoms with Crippen molar-refractivity contribution < 1.29 is 14.1 Å². The van der Waals surface area contributed by atoms with E-state index in [9.17, 15) is 4.57 Å². The van der Waals surface area contributed by atoms with E-state index in [0.717, 1.165) is 0 Å². The van der Waals surface area contributed by atoms with Crippen LogP contribution < -0.4 is 11.4 Å². The van der Waals surface area contributed by atoms with Gasteiger partial charge >= 0.3 is 8.25 Å². The first-order valence-electron chi connectivity index (χ1n) is 1.12. The van der Waals surface area contributed by atoms with Crippen LogP contribution in [0.4, 0.5) is 0 Å². The van der Waals surface area contributed by atoms with Gasteiger partial charge in [-0.2, -0.15) is 0 Å². The monoisotopic (exact) mass is 112 g/mol. The lowest BCUT2D eigenvalue weighted by atomic mass is 12.8. The van der Waals surface area contributed by atoms with Crippen LogP contribution in [0.25, 0.3) is 0 Å². The maximum absolute atomic E-state index is 9.42. The van der Waals surface area contributed by atoms with Gasteiger partial charge in [0, 0.05) is 0 Å². The highest BCUT2D eigenvalue weighted by atomic mass is 31.1. The Bertz CT molecular complexity index is 52.8. The Morgan fingerprint density at radius 2 is 2.50 bits per heavy atom. The third-order valence-electron chi connectivity index (χ3n) is 0.146. The molecule has 0 rings (SSSR count). The van der Waals surface area contributed by atoms with Crippen molar-refractivity contribution in [1.82, 2.24) is 5.59 Å². The van der Waals surface area contributed by atoms with Gasteiger partial charge in [-0.25, -0.2) is 10.5 Å². The van der Waals surface area contributed by atoms with Gasteiger partial charge in [0.25, 0.3) is 0 Å². The van der Waals surface area contributed by atoms with Crippen LogP contribution in [0.15, 0.2) is 0 Å². The Morgan fingerprint density at radius 3 is 2.50 bits per heavy atom.